The third-order valence-electron chi connectivity index (χ3n) is 24.7. The number of hydrogen-bond acceptors (Lipinski definition) is 24. The Morgan fingerprint density at radius 3 is 1.73 bits per heavy atom. The van der Waals surface area contributed by atoms with Crippen molar-refractivity contribution in [2.45, 2.75) is 292 Å². The second kappa shape index (κ2) is 63.9. The number of carboxylic acid groups (broad SMARTS) is 4. The van der Waals surface area contributed by atoms with Crippen LogP contribution in [0.5, 0.6) is 0 Å². The van der Waals surface area contributed by atoms with E-state index in [2.05, 4.69) is 84.1 Å². The number of nitrogens with zero attached hydrogens (tertiary/aromatic N) is 4. The smallest absolute Gasteiger partial charge is 0.317 e. The van der Waals surface area contributed by atoms with Gasteiger partial charge in [-0.15, -0.1) is 0 Å². The number of primary amides is 1. The van der Waals surface area contributed by atoms with Crippen LogP contribution in [0.4, 0.5) is 0 Å². The Bertz CT molecular complexity index is 4830. The summed E-state index contributed by atoms with van der Waals surface area (Å²) in [5, 5.41) is 81.3. The fourth-order valence-electron chi connectivity index (χ4n) is 17.3. The van der Waals surface area contributed by atoms with Crippen molar-refractivity contribution in [1.29, 1.82) is 5.41 Å². The molecular formula is C96H144N22O25. The standard InChI is InChI=1S/C96H144N22O25/c1-61(119)107-70-39-40-79(121)101-42-24-34-71(111-90(136)73(52-63-55-105-66-30-18-17-29-65(63)66)113-87(133)69(33-23-43-104-96(98)99)110-89(135)72(51-62-27-13-12-14-28-62)112-91(137)74(114-88(70)134)53-64-56-100-60-106-64)94(140)118-47-26-36-77(118)95(141)117-46-25-35-76(117)93(139)115-75(54-82(125)126)92(138)109-68(32-20-22-45-116(57-83(127)128)58-84(129)130)86(132)108-67(85(97)131)31-19-21-41-102-80(122)59-143-50-49-142-48-44-103-78(120)37-15-10-8-6-4-2-3-5-7-9-11-16-38-81(123)124/h12-14,17-18,27-30,55-56,60,67-77,105H,2-11,15-16,19-26,31-54,57-59H2,1H3,(H2,97,131)(H,100,106)(H,101,121)(H,102,122)(H,103,120)(H,107,119)(H,108,132)(H,109,138)(H,110,135)(H,111,136)(H,112,137)(H,113,133)(H,114,134)(H,115,139)(H,123,124)(H,125,126)(H,127,128)(H,129,130)(H4,98,99,104). The number of likely N-dealkylation sites (tertiary alicyclic amines) is 2. The summed E-state index contributed by atoms with van der Waals surface area (Å²) >= 11 is 0. The lowest BCUT2D eigenvalue weighted by Gasteiger charge is -2.34. The van der Waals surface area contributed by atoms with Gasteiger partial charge in [0.05, 0.1) is 45.7 Å². The fourth-order valence-corrected chi connectivity index (χ4v) is 17.3. The monoisotopic (exact) mass is 2010 g/mol. The van der Waals surface area contributed by atoms with Gasteiger partial charge in [0.25, 0.3) is 0 Å². The maximum atomic E-state index is 15.7. The molecule has 0 radical (unpaired) electrons. The second-order valence-electron chi connectivity index (χ2n) is 36.2. The Morgan fingerprint density at radius 1 is 0.524 bits per heavy atom. The van der Waals surface area contributed by atoms with Gasteiger partial charge in [-0.3, -0.25) is 101 Å². The fraction of sp³-hybridized carbons (Fsp3) is 0.615. The quantitative estimate of drug-likeness (QED) is 0.0155. The van der Waals surface area contributed by atoms with Crippen LogP contribution in [0.15, 0.2) is 73.3 Å². The Morgan fingerprint density at radius 2 is 1.09 bits per heavy atom. The number of carbonyl (C=O) groups is 19. The molecule has 3 saturated heterocycles. The molecule has 3 aliphatic rings. The highest BCUT2D eigenvalue weighted by molar-refractivity contribution is 6.01. The first-order valence-corrected chi connectivity index (χ1v) is 49.4. The molecule has 7 rings (SSSR count). The first kappa shape index (κ1) is 116. The molecule has 788 valence electrons. The van der Waals surface area contributed by atoms with Crippen LogP contribution in [0.2, 0.25) is 0 Å². The summed E-state index contributed by atoms with van der Waals surface area (Å²) in [7, 11) is 0. The number of nitrogens with two attached hydrogens (primary N) is 2. The van der Waals surface area contributed by atoms with Crippen molar-refractivity contribution in [3.8, 4) is 0 Å². The Hall–Kier alpha value is -13.7. The Balaban J connectivity index is 1.03. The number of nitrogens with one attached hydrogen (secondary N) is 16. The molecule has 5 heterocycles. The molecule has 24 N–H and O–H groups in total. The van der Waals surface area contributed by atoms with E-state index in [0.717, 1.165) is 76.0 Å². The number of para-hydroxylation sites is 1. The predicted octanol–water partition coefficient (Wildman–Crippen LogP) is -0.179. The topological polar surface area (TPSA) is 710 Å². The molecule has 143 heavy (non-hydrogen) atoms. The maximum Gasteiger partial charge on any atom is 0.317 e. The number of guanidine groups is 1. The van der Waals surface area contributed by atoms with E-state index in [4.69, 9.17) is 31.5 Å². The van der Waals surface area contributed by atoms with Gasteiger partial charge in [-0.2, -0.15) is 0 Å². The zero-order chi connectivity index (χ0) is 104. The molecule has 11 unspecified atom stereocenters. The van der Waals surface area contributed by atoms with E-state index in [1.807, 2.05) is 0 Å². The normalized spacial score (nSPS) is 19.1. The molecule has 3 fully saturated rings. The number of carbonyl (C=O) groups excluding carboxylic acids is 15. The number of imidazole rings is 1. The molecule has 47 heteroatoms. The number of aromatic amines is 2. The molecule has 0 spiro atoms. The highest BCUT2D eigenvalue weighted by atomic mass is 16.5. The number of amides is 15. The summed E-state index contributed by atoms with van der Waals surface area (Å²) in [6.45, 7) is -0.148. The van der Waals surface area contributed by atoms with E-state index in [1.54, 1.807) is 60.8 Å². The molecule has 0 aliphatic carbocycles. The molecule has 11 atom stereocenters. The first-order chi connectivity index (χ1) is 68.6. The van der Waals surface area contributed by atoms with Gasteiger partial charge in [0.1, 0.15) is 73.1 Å². The van der Waals surface area contributed by atoms with Gasteiger partial charge in [-0.1, -0.05) is 113 Å². The average Bonchev–Trinajstić information content (AvgIpc) is 1.67. The Kier molecular flexibility index (Phi) is 52.0. The van der Waals surface area contributed by atoms with Gasteiger partial charge in [-0.25, -0.2) is 4.98 Å². The minimum atomic E-state index is -1.98. The number of unbranched alkanes of at least 4 members (excludes halogenated alkanes) is 13. The lowest BCUT2D eigenvalue weighted by molar-refractivity contribution is -0.148. The van der Waals surface area contributed by atoms with E-state index in [1.165, 1.54) is 35.2 Å². The van der Waals surface area contributed by atoms with Crippen molar-refractivity contribution in [1.82, 2.24) is 98.8 Å². The third kappa shape index (κ3) is 44.1. The van der Waals surface area contributed by atoms with Crippen LogP contribution in [0.3, 0.4) is 0 Å². The summed E-state index contributed by atoms with van der Waals surface area (Å²) in [5.41, 5.74) is 13.5. The number of aromatic nitrogens is 3. The van der Waals surface area contributed by atoms with Gasteiger partial charge >= 0.3 is 23.9 Å². The third-order valence-corrected chi connectivity index (χ3v) is 24.7. The summed E-state index contributed by atoms with van der Waals surface area (Å²) in [4.78, 5) is 275. The number of fused-ring (bicyclic) bond motifs is 1. The molecule has 0 saturated carbocycles. The molecule has 4 aromatic rings. The summed E-state index contributed by atoms with van der Waals surface area (Å²) in [6, 6.07) is -1.26. The molecule has 15 amide bonds. The zero-order valence-corrected chi connectivity index (χ0v) is 81.3. The van der Waals surface area contributed by atoms with Crippen LogP contribution in [-0.4, -0.2) is 320 Å². The zero-order valence-electron chi connectivity index (χ0n) is 81.3. The highest BCUT2D eigenvalue weighted by Gasteiger charge is 2.46. The van der Waals surface area contributed by atoms with Crippen LogP contribution in [-0.2, 0) is 120 Å². The van der Waals surface area contributed by atoms with Crippen molar-refractivity contribution in [3.63, 3.8) is 0 Å². The molecule has 47 nitrogen and oxygen atoms in total. The molecular weight excluding hydrogens is 1860 g/mol. The summed E-state index contributed by atoms with van der Waals surface area (Å²) in [6.07, 6.45) is 14.9. The van der Waals surface area contributed by atoms with Crippen molar-refractivity contribution < 1.29 is 121 Å². The van der Waals surface area contributed by atoms with Crippen molar-refractivity contribution >= 4 is 129 Å². The number of hydrogen-bond donors (Lipinski definition) is 22. The molecule has 2 aromatic carbocycles. The number of rotatable bonds is 59. The SMILES string of the molecule is CC(=O)NC1CCC(=O)NCCCC(C(=O)N2CCCC2C(=O)N2CCCC2C(=O)NC(CC(=O)O)C(=O)NC(CCCCN(CC(=O)O)CC(=O)O)C(=O)NC(CCCCNC(=O)COCCOCCNC(=O)CCCCCCCCCCCCCCC(=O)O)C(N)=O)NC(=O)C(Cc2c[nH]c3ccccc23)NC(=O)C(CCCNC(=N)N)NC(=O)C(Cc2ccccc2)NC(=O)C(Cc2cnc[nH]2)NC1=O. The summed E-state index contributed by atoms with van der Waals surface area (Å²) in [5.74, 6) is -17.7. The number of benzene rings is 2. The van der Waals surface area contributed by atoms with Crippen LogP contribution in [0, 0.1) is 5.41 Å². The van der Waals surface area contributed by atoms with Gasteiger partial charge < -0.3 is 130 Å². The van der Waals surface area contributed by atoms with Crippen LogP contribution in [0.1, 0.15) is 223 Å². The lowest BCUT2D eigenvalue weighted by atomic mass is 10.0. The Labute approximate surface area is 829 Å². The number of H-pyrrole nitrogens is 2. The average molecular weight is 2010 g/mol. The van der Waals surface area contributed by atoms with Gasteiger partial charge in [0.15, 0.2) is 5.96 Å². The van der Waals surface area contributed by atoms with Crippen molar-refractivity contribution in [2.24, 2.45) is 11.5 Å². The number of carboxylic acids is 4. The number of aliphatic carboxylic acids is 4. The van der Waals surface area contributed by atoms with Crippen molar-refractivity contribution in [2.75, 3.05) is 85.3 Å². The minimum Gasteiger partial charge on any atom is -0.481 e. The van der Waals surface area contributed by atoms with E-state index in [-0.39, 0.29) is 200 Å². The van der Waals surface area contributed by atoms with Gasteiger partial charge in [0.2, 0.25) is 88.6 Å². The van der Waals surface area contributed by atoms with Gasteiger partial charge in [-0.05, 0) is 133 Å². The molecule has 0 bridgehead atoms. The van der Waals surface area contributed by atoms with Gasteiger partial charge in [0, 0.05) is 114 Å². The maximum absolute atomic E-state index is 15.7. The minimum absolute atomic E-state index is 0.00605. The van der Waals surface area contributed by atoms with E-state index >= 15 is 24.0 Å². The largest absolute Gasteiger partial charge is 0.481 e. The van der Waals surface area contributed by atoms with Crippen LogP contribution in [0.25, 0.3) is 10.9 Å². The predicted molar refractivity (Wildman–Crippen MR) is 518 cm³/mol. The second-order valence-corrected chi connectivity index (χ2v) is 36.2. The van der Waals surface area contributed by atoms with Crippen LogP contribution < -0.4 is 80.6 Å². The molecule has 2 aromatic heterocycles. The van der Waals surface area contributed by atoms with E-state index in [0.29, 0.717) is 40.7 Å². The van der Waals surface area contributed by atoms with E-state index in [9.17, 15) is 82.4 Å². The molecule has 3 aliphatic heterocycles. The van der Waals surface area contributed by atoms with Crippen molar-refractivity contribution in [3.05, 3.63) is 90.1 Å². The lowest BCUT2D eigenvalue weighted by Crippen LogP contribution is -2.61. The summed E-state index contributed by atoms with van der Waals surface area (Å²) < 4.78 is 11.0. The number of ether oxygens (including phenoxy) is 2. The van der Waals surface area contributed by atoms with Crippen LogP contribution >= 0.6 is 0 Å². The van der Waals surface area contributed by atoms with E-state index < -0.39 is 199 Å². The highest BCUT2D eigenvalue weighted by Crippen LogP contribution is 2.28. The first-order valence-electron chi connectivity index (χ1n) is 49.4.